The molecule has 0 atom stereocenters. The van der Waals surface area contributed by atoms with Gasteiger partial charge in [-0.3, -0.25) is 0 Å². The fraction of sp³-hybridized carbons (Fsp3) is 0. The molecule has 4 aromatic heterocycles. The summed E-state index contributed by atoms with van der Waals surface area (Å²) in [6.45, 7) is 0. The molecule has 0 radical (unpaired) electrons. The molecule has 4 heteroatoms. The third kappa shape index (κ3) is 3.34. The number of hydrogen-bond donors (Lipinski definition) is 0. The zero-order valence-corrected chi connectivity index (χ0v) is 26.5. The summed E-state index contributed by atoms with van der Waals surface area (Å²) >= 11 is 0. The fourth-order valence-electron chi connectivity index (χ4n) is 8.50. The normalized spacial score (nSPS) is 12.4. The summed E-state index contributed by atoms with van der Waals surface area (Å²) in [5, 5.41) is 12.3. The number of para-hydroxylation sites is 2. The highest BCUT2D eigenvalue weighted by atomic mass is 16.3. The first-order chi connectivity index (χ1) is 24.8. The Morgan fingerprint density at radius 1 is 0.320 bits per heavy atom. The van der Waals surface area contributed by atoms with Crippen LogP contribution >= 0.6 is 0 Å². The first-order valence-corrected chi connectivity index (χ1v) is 16.8. The molecule has 0 amide bonds. The van der Waals surface area contributed by atoms with Crippen molar-refractivity contribution in [1.29, 1.82) is 0 Å². The van der Waals surface area contributed by atoms with Gasteiger partial charge in [0.05, 0.1) is 6.26 Å². The van der Waals surface area contributed by atoms with Gasteiger partial charge in [-0.05, 0) is 81.2 Å². The lowest BCUT2D eigenvalue weighted by atomic mass is 9.85. The lowest BCUT2D eigenvalue weighted by molar-refractivity contribution is 0.615. The Hall–Kier alpha value is -6.78. The van der Waals surface area contributed by atoms with Crippen LogP contribution in [0.25, 0.3) is 121 Å². The molecule has 0 aliphatic heterocycles. The summed E-state index contributed by atoms with van der Waals surface area (Å²) in [6, 6.07) is 48.9. The summed E-state index contributed by atoms with van der Waals surface area (Å²) in [5.41, 5.74) is 10.5. The molecule has 0 spiro atoms. The van der Waals surface area contributed by atoms with Gasteiger partial charge in [-0.1, -0.05) is 91.0 Å². The van der Waals surface area contributed by atoms with Crippen LogP contribution in [0.15, 0.2) is 163 Å². The summed E-state index contributed by atoms with van der Waals surface area (Å²) in [7, 11) is 0. The minimum Gasteiger partial charge on any atom is -0.464 e. The lowest BCUT2D eigenvalue weighted by Gasteiger charge is -2.17. The molecule has 8 aromatic carbocycles. The summed E-state index contributed by atoms with van der Waals surface area (Å²) in [5.74, 6) is 0. The number of hydrogen-bond acceptors (Lipinski definition) is 4. The second kappa shape index (κ2) is 9.43. The van der Waals surface area contributed by atoms with Crippen molar-refractivity contribution in [2.45, 2.75) is 0 Å². The summed E-state index contributed by atoms with van der Waals surface area (Å²) in [4.78, 5) is 0. The summed E-state index contributed by atoms with van der Waals surface area (Å²) < 4.78 is 25.3. The van der Waals surface area contributed by atoms with Crippen LogP contribution in [0.2, 0.25) is 0 Å². The molecular formula is C46H24O4. The van der Waals surface area contributed by atoms with Crippen LogP contribution in [-0.4, -0.2) is 0 Å². The van der Waals surface area contributed by atoms with Crippen LogP contribution in [0, 0.1) is 0 Å². The monoisotopic (exact) mass is 640 g/mol. The van der Waals surface area contributed by atoms with Crippen molar-refractivity contribution < 1.29 is 17.7 Å². The minimum absolute atomic E-state index is 0.851. The van der Waals surface area contributed by atoms with Gasteiger partial charge in [0.1, 0.15) is 39.1 Å². The van der Waals surface area contributed by atoms with E-state index in [0.29, 0.717) is 0 Å². The maximum absolute atomic E-state index is 6.82. The molecule has 0 unspecified atom stereocenters. The topological polar surface area (TPSA) is 52.6 Å². The smallest absolute Gasteiger partial charge is 0.143 e. The van der Waals surface area contributed by atoms with E-state index in [1.165, 1.54) is 16.3 Å². The third-order valence-electron chi connectivity index (χ3n) is 10.6. The van der Waals surface area contributed by atoms with Gasteiger partial charge in [0.25, 0.3) is 0 Å². The van der Waals surface area contributed by atoms with E-state index in [9.17, 15) is 0 Å². The average molecular weight is 641 g/mol. The van der Waals surface area contributed by atoms with Crippen molar-refractivity contribution in [2.75, 3.05) is 0 Å². The van der Waals surface area contributed by atoms with E-state index in [2.05, 4.69) is 97.1 Å². The standard InChI is InChI=1S/C46H24O4/c1-3-10-28-26(8-1)41(25-16-17-31-40(24-25)49-37-19-18-35-32(43(31)37)22-23-47-35)27-9-2-4-11-29(27)42(28)33-13-7-14-34-45-39(50-46(33)34)21-20-38-44(45)30-12-5-6-15-36(30)48-38/h1-24H. The van der Waals surface area contributed by atoms with E-state index in [1.54, 1.807) is 6.26 Å². The lowest BCUT2D eigenvalue weighted by Crippen LogP contribution is -1.91. The van der Waals surface area contributed by atoms with Crippen molar-refractivity contribution in [3.8, 4) is 22.3 Å². The molecule has 4 nitrogen and oxygen atoms in total. The number of rotatable bonds is 2. The molecule has 0 aliphatic rings. The van der Waals surface area contributed by atoms with Gasteiger partial charge in [-0.25, -0.2) is 0 Å². The molecule has 50 heavy (non-hydrogen) atoms. The maximum atomic E-state index is 6.82. The largest absolute Gasteiger partial charge is 0.464 e. The molecule has 0 aliphatic carbocycles. The Kier molecular flexibility index (Phi) is 4.94. The Morgan fingerprint density at radius 2 is 0.880 bits per heavy atom. The zero-order chi connectivity index (χ0) is 32.5. The quantitative estimate of drug-likeness (QED) is 0.176. The van der Waals surface area contributed by atoms with E-state index in [1.807, 2.05) is 42.5 Å². The first kappa shape index (κ1) is 26.2. The number of fused-ring (bicyclic) bond motifs is 14. The van der Waals surface area contributed by atoms with Gasteiger partial charge in [0.15, 0.2) is 0 Å². The molecule has 0 bridgehead atoms. The van der Waals surface area contributed by atoms with Crippen LogP contribution in [-0.2, 0) is 0 Å². The highest BCUT2D eigenvalue weighted by Gasteiger charge is 2.23. The Balaban J connectivity index is 1.16. The van der Waals surface area contributed by atoms with Crippen molar-refractivity contribution in [2.24, 2.45) is 0 Å². The second-order valence-electron chi connectivity index (χ2n) is 13.1. The minimum atomic E-state index is 0.851. The molecule has 12 aromatic rings. The van der Waals surface area contributed by atoms with Crippen molar-refractivity contribution >= 4 is 98.3 Å². The van der Waals surface area contributed by atoms with Gasteiger partial charge >= 0.3 is 0 Å². The van der Waals surface area contributed by atoms with E-state index < -0.39 is 0 Å². The maximum Gasteiger partial charge on any atom is 0.143 e. The number of benzene rings is 8. The van der Waals surface area contributed by atoms with Crippen LogP contribution in [0.4, 0.5) is 0 Å². The van der Waals surface area contributed by atoms with Gasteiger partial charge in [0, 0.05) is 48.8 Å². The van der Waals surface area contributed by atoms with Gasteiger partial charge in [-0.15, -0.1) is 0 Å². The first-order valence-electron chi connectivity index (χ1n) is 16.8. The molecule has 0 fully saturated rings. The van der Waals surface area contributed by atoms with Crippen molar-refractivity contribution in [3.63, 3.8) is 0 Å². The predicted molar refractivity (Wildman–Crippen MR) is 204 cm³/mol. The van der Waals surface area contributed by atoms with Crippen LogP contribution in [0.3, 0.4) is 0 Å². The average Bonchev–Trinajstić information content (AvgIpc) is 3.95. The second-order valence-corrected chi connectivity index (χ2v) is 13.1. The van der Waals surface area contributed by atoms with Crippen LogP contribution < -0.4 is 0 Å². The molecule has 0 N–H and O–H groups in total. The van der Waals surface area contributed by atoms with Crippen LogP contribution in [0.1, 0.15) is 0 Å². The molecular weight excluding hydrogens is 617 g/mol. The van der Waals surface area contributed by atoms with E-state index in [4.69, 9.17) is 17.7 Å². The molecule has 232 valence electrons. The molecule has 0 saturated heterocycles. The molecule has 4 heterocycles. The number of furan rings is 4. The van der Waals surface area contributed by atoms with Gasteiger partial charge < -0.3 is 17.7 Å². The zero-order valence-electron chi connectivity index (χ0n) is 26.5. The van der Waals surface area contributed by atoms with Crippen molar-refractivity contribution in [1.82, 2.24) is 0 Å². The Morgan fingerprint density at radius 3 is 1.66 bits per heavy atom. The predicted octanol–water partition coefficient (Wildman–Crippen LogP) is 13.8. The summed E-state index contributed by atoms with van der Waals surface area (Å²) in [6.07, 6.45) is 1.74. The highest BCUT2D eigenvalue weighted by Crippen LogP contribution is 2.48. The van der Waals surface area contributed by atoms with Gasteiger partial charge in [-0.2, -0.15) is 0 Å². The molecule has 12 rings (SSSR count). The van der Waals surface area contributed by atoms with Crippen molar-refractivity contribution in [3.05, 3.63) is 146 Å². The van der Waals surface area contributed by atoms with Gasteiger partial charge in [0.2, 0.25) is 0 Å². The fourth-order valence-corrected chi connectivity index (χ4v) is 8.50. The molecule has 0 saturated carbocycles. The highest BCUT2D eigenvalue weighted by molar-refractivity contribution is 6.29. The van der Waals surface area contributed by atoms with E-state index >= 15 is 0 Å². The van der Waals surface area contributed by atoms with E-state index in [-0.39, 0.29) is 0 Å². The van der Waals surface area contributed by atoms with E-state index in [0.717, 1.165) is 104 Å². The van der Waals surface area contributed by atoms with Crippen LogP contribution in [0.5, 0.6) is 0 Å². The Bertz CT molecular complexity index is 3330. The third-order valence-corrected chi connectivity index (χ3v) is 10.6. The Labute approximate surface area is 283 Å². The SMILES string of the molecule is c1ccc2c(c1)oc1ccc3oc4c(-c5c6ccccc6c(-c6ccc7c(c6)oc6ccc8occc8c67)c6ccccc56)cccc4c3c12.